The first kappa shape index (κ1) is 24.5. The number of halogens is 3. The molecule has 0 unspecified atom stereocenters. The molecule has 3 rings (SSSR count). The molecule has 0 bridgehead atoms. The van der Waals surface area contributed by atoms with Crippen molar-refractivity contribution < 1.29 is 26.4 Å². The third-order valence-corrected chi connectivity index (χ3v) is 7.90. The van der Waals surface area contributed by atoms with Crippen LogP contribution in [0, 0.1) is 11.3 Å². The van der Waals surface area contributed by atoms with E-state index in [1.807, 2.05) is 6.07 Å². The Hall–Kier alpha value is -3.17. The van der Waals surface area contributed by atoms with E-state index in [1.165, 1.54) is 45.2 Å². The summed E-state index contributed by atoms with van der Waals surface area (Å²) in [6, 6.07) is 11.6. The van der Waals surface area contributed by atoms with E-state index in [-0.39, 0.29) is 27.6 Å². The topological polar surface area (TPSA) is 96.1 Å². The lowest BCUT2D eigenvalue weighted by molar-refractivity contribution is -0.143. The molecule has 2 aromatic heterocycles. The van der Waals surface area contributed by atoms with Crippen molar-refractivity contribution >= 4 is 33.0 Å². The Bertz CT molecular complexity index is 1320. The zero-order valence-corrected chi connectivity index (χ0v) is 19.4. The van der Waals surface area contributed by atoms with E-state index in [1.54, 1.807) is 12.1 Å². The van der Waals surface area contributed by atoms with E-state index in [2.05, 4.69) is 5.10 Å². The van der Waals surface area contributed by atoms with Crippen molar-refractivity contribution in [2.24, 2.45) is 7.05 Å². The molecule has 174 valence electrons. The molecule has 0 saturated heterocycles. The van der Waals surface area contributed by atoms with Crippen LogP contribution in [-0.2, 0) is 29.7 Å². The molecular weight excluding hydrogens is 477 g/mol. The Morgan fingerprint density at radius 3 is 2.36 bits per heavy atom. The first-order chi connectivity index (χ1) is 15.4. The predicted octanol–water partition coefficient (Wildman–Crippen LogP) is 4.62. The minimum atomic E-state index is -4.59. The molecule has 33 heavy (non-hydrogen) atoms. The quantitative estimate of drug-likeness (QED) is 0.496. The van der Waals surface area contributed by atoms with Crippen LogP contribution in [0.5, 0.6) is 0 Å². The van der Waals surface area contributed by atoms with Gasteiger partial charge in [0.05, 0.1) is 33.2 Å². The summed E-state index contributed by atoms with van der Waals surface area (Å²) in [4.78, 5) is 13.6. The number of rotatable bonds is 6. The van der Waals surface area contributed by atoms with Crippen molar-refractivity contribution in [3.8, 4) is 16.6 Å². The van der Waals surface area contributed by atoms with Crippen LogP contribution in [0.25, 0.3) is 10.6 Å². The summed E-state index contributed by atoms with van der Waals surface area (Å²) in [5, 5.41) is 11.8. The van der Waals surface area contributed by atoms with Crippen LogP contribution in [0.3, 0.4) is 0 Å². The normalized spacial score (nSPS) is 12.1. The molecule has 0 aliphatic carbocycles. The highest BCUT2D eigenvalue weighted by molar-refractivity contribution is 7.94. The maximum absolute atomic E-state index is 13.3. The average molecular weight is 497 g/mol. The average Bonchev–Trinajstić information content (AvgIpc) is 3.36. The van der Waals surface area contributed by atoms with Gasteiger partial charge in [-0.05, 0) is 49.7 Å². The Kier molecular flexibility index (Phi) is 6.67. The number of thiophene rings is 1. The van der Waals surface area contributed by atoms with Gasteiger partial charge in [-0.1, -0.05) is 12.1 Å². The van der Waals surface area contributed by atoms with Gasteiger partial charge in [-0.3, -0.25) is 9.48 Å². The fourth-order valence-corrected chi connectivity index (χ4v) is 5.09. The van der Waals surface area contributed by atoms with Gasteiger partial charge < -0.3 is 0 Å². The zero-order valence-electron chi connectivity index (χ0n) is 17.8. The lowest BCUT2D eigenvalue weighted by Crippen LogP contribution is -2.40. The number of alkyl halides is 3. The molecule has 3 aromatic rings. The van der Waals surface area contributed by atoms with E-state index in [9.17, 15) is 26.4 Å². The summed E-state index contributed by atoms with van der Waals surface area (Å²) in [5.41, 5.74) is -0.166. The van der Waals surface area contributed by atoms with Crippen LogP contribution in [0.4, 0.5) is 18.9 Å². The summed E-state index contributed by atoms with van der Waals surface area (Å²) >= 11 is 0.847. The molecule has 0 saturated carbocycles. The molecule has 12 heteroatoms. The maximum atomic E-state index is 13.3. The fraction of sp³-hybridized carbons (Fsp3) is 0.286. The smallest absolute Gasteiger partial charge is 0.267 e. The third-order valence-electron chi connectivity index (χ3n) is 4.73. The first-order valence-corrected chi connectivity index (χ1v) is 11.9. The fourth-order valence-electron chi connectivity index (χ4n) is 2.97. The van der Waals surface area contributed by atoms with Crippen LogP contribution < -0.4 is 4.31 Å². The highest BCUT2D eigenvalue weighted by Gasteiger charge is 2.36. The minimum absolute atomic E-state index is 0.0213. The highest BCUT2D eigenvalue weighted by atomic mass is 32.2. The van der Waals surface area contributed by atoms with Gasteiger partial charge in [-0.2, -0.15) is 23.5 Å². The number of sulfonamides is 1. The lowest BCUT2D eigenvalue weighted by Gasteiger charge is -2.24. The van der Waals surface area contributed by atoms with Crippen molar-refractivity contribution in [3.05, 3.63) is 58.6 Å². The number of nitriles is 1. The molecule has 0 N–H and O–H groups in total. The number of hydrogen-bond acceptors (Lipinski definition) is 6. The molecule has 1 aromatic carbocycles. The Morgan fingerprint density at radius 1 is 1.21 bits per heavy atom. The number of benzene rings is 1. The van der Waals surface area contributed by atoms with Crippen molar-refractivity contribution in [2.45, 2.75) is 31.7 Å². The third kappa shape index (κ3) is 4.94. The van der Waals surface area contributed by atoms with Crippen molar-refractivity contribution in [1.29, 1.82) is 5.26 Å². The molecule has 0 radical (unpaired) electrons. The number of carbonyl (C=O) groups is 1. The Balaban J connectivity index is 2.01. The first-order valence-electron chi connectivity index (χ1n) is 9.62. The van der Waals surface area contributed by atoms with E-state index < -0.39 is 33.1 Å². The zero-order chi connectivity index (χ0) is 24.6. The maximum Gasteiger partial charge on any atom is 0.433 e. The number of anilines is 1. The molecule has 1 amide bonds. The van der Waals surface area contributed by atoms with Crippen LogP contribution >= 0.6 is 11.3 Å². The summed E-state index contributed by atoms with van der Waals surface area (Å²) in [5.74, 6) is -0.833. The standard InChI is InChI=1S/C21H19F3N4O3S2/c1-13(2)33(30,31)28(15-6-4-14(5-7-15)10-11-25)20(29)18-9-8-17(32-18)16-12-19(21(22,23)24)27(3)26-16/h4-9,12-13H,10H2,1-3H3. The van der Waals surface area contributed by atoms with Crippen molar-refractivity contribution in [2.75, 3.05) is 4.31 Å². The highest BCUT2D eigenvalue weighted by Crippen LogP contribution is 2.35. The monoisotopic (exact) mass is 496 g/mol. The molecule has 0 aliphatic rings. The van der Waals surface area contributed by atoms with E-state index in [0.29, 0.717) is 14.6 Å². The largest absolute Gasteiger partial charge is 0.433 e. The number of carbonyl (C=O) groups excluding carboxylic acids is 1. The summed E-state index contributed by atoms with van der Waals surface area (Å²) in [6.07, 6.45) is -4.46. The SMILES string of the molecule is CC(C)S(=O)(=O)N(C(=O)c1ccc(-c2cc(C(F)(F)F)n(C)n2)s1)c1ccc(CC#N)cc1. The van der Waals surface area contributed by atoms with Gasteiger partial charge in [0.2, 0.25) is 10.0 Å². The molecule has 0 atom stereocenters. The number of aromatic nitrogens is 2. The Morgan fingerprint density at radius 2 is 1.85 bits per heavy atom. The summed E-state index contributed by atoms with van der Waals surface area (Å²) < 4.78 is 66.7. The second kappa shape index (κ2) is 8.99. The molecule has 0 fully saturated rings. The van der Waals surface area contributed by atoms with Gasteiger partial charge in [-0.15, -0.1) is 11.3 Å². The predicted molar refractivity (Wildman–Crippen MR) is 118 cm³/mol. The molecule has 0 aliphatic heterocycles. The second-order valence-corrected chi connectivity index (χ2v) is 10.8. The molecule has 0 spiro atoms. The van der Waals surface area contributed by atoms with Gasteiger partial charge in [-0.25, -0.2) is 12.7 Å². The Labute approximate surface area is 192 Å². The van der Waals surface area contributed by atoms with E-state index in [4.69, 9.17) is 5.26 Å². The molecule has 2 heterocycles. The molecular formula is C21H19F3N4O3S2. The van der Waals surface area contributed by atoms with Gasteiger partial charge in [0.25, 0.3) is 5.91 Å². The summed E-state index contributed by atoms with van der Waals surface area (Å²) in [7, 11) is -2.92. The van der Waals surface area contributed by atoms with E-state index in [0.717, 1.165) is 17.4 Å². The van der Waals surface area contributed by atoms with Crippen LogP contribution in [-0.4, -0.2) is 29.4 Å². The molecule has 7 nitrogen and oxygen atoms in total. The second-order valence-electron chi connectivity index (χ2n) is 7.36. The van der Waals surface area contributed by atoms with Gasteiger partial charge in [0.1, 0.15) is 11.4 Å². The number of amides is 1. The van der Waals surface area contributed by atoms with Crippen LogP contribution in [0.2, 0.25) is 0 Å². The number of hydrogen-bond donors (Lipinski definition) is 0. The lowest BCUT2D eigenvalue weighted by atomic mass is 10.1. The van der Waals surface area contributed by atoms with Crippen molar-refractivity contribution in [3.63, 3.8) is 0 Å². The van der Waals surface area contributed by atoms with Crippen LogP contribution in [0.1, 0.15) is 34.8 Å². The number of nitrogens with zero attached hydrogens (tertiary/aromatic N) is 4. The van der Waals surface area contributed by atoms with Crippen molar-refractivity contribution in [1.82, 2.24) is 9.78 Å². The van der Waals surface area contributed by atoms with Crippen LogP contribution in [0.15, 0.2) is 42.5 Å². The number of aryl methyl sites for hydroxylation is 1. The van der Waals surface area contributed by atoms with Gasteiger partial charge in [0, 0.05) is 7.05 Å². The summed E-state index contributed by atoms with van der Waals surface area (Å²) in [6.45, 7) is 2.87. The minimum Gasteiger partial charge on any atom is -0.267 e. The van der Waals surface area contributed by atoms with Gasteiger partial charge >= 0.3 is 6.18 Å². The van der Waals surface area contributed by atoms with Gasteiger partial charge in [0.15, 0.2) is 0 Å². The van der Waals surface area contributed by atoms with E-state index >= 15 is 0 Å².